The summed E-state index contributed by atoms with van der Waals surface area (Å²) in [4.78, 5) is 22.2. The number of para-hydroxylation sites is 2. The quantitative estimate of drug-likeness (QED) is 0.606. The topological polar surface area (TPSA) is 95.1 Å². The van der Waals surface area contributed by atoms with Crippen LogP contribution in [0, 0.1) is 0 Å². The summed E-state index contributed by atoms with van der Waals surface area (Å²) >= 11 is 0. The number of nitrogens with two attached hydrogens (primary N) is 1. The molecule has 138 valence electrons. The summed E-state index contributed by atoms with van der Waals surface area (Å²) in [5, 5.41) is 2.90. The van der Waals surface area contributed by atoms with E-state index in [9.17, 15) is 4.79 Å². The number of methoxy groups -OCH3 is 1. The highest BCUT2D eigenvalue weighted by molar-refractivity contribution is 6.10. The minimum Gasteiger partial charge on any atom is -0.385 e. The number of hydrogen-bond acceptors (Lipinski definition) is 5. The van der Waals surface area contributed by atoms with Crippen LogP contribution in [-0.2, 0) is 11.3 Å². The molecule has 1 aromatic carbocycles. The average molecular weight is 355 g/mol. The summed E-state index contributed by atoms with van der Waals surface area (Å²) in [6.45, 7) is 3.95. The number of nitrogens with zero attached hydrogens (tertiary/aromatic N) is 3. The largest absolute Gasteiger partial charge is 0.385 e. The predicted octanol–water partition coefficient (Wildman–Crippen LogP) is 2.73. The van der Waals surface area contributed by atoms with Gasteiger partial charge in [0.05, 0.1) is 11.0 Å². The van der Waals surface area contributed by atoms with Crippen molar-refractivity contribution in [2.24, 2.45) is 0 Å². The minimum atomic E-state index is -0.219. The van der Waals surface area contributed by atoms with E-state index < -0.39 is 0 Å². The van der Waals surface area contributed by atoms with E-state index >= 15 is 0 Å². The number of anilines is 1. The van der Waals surface area contributed by atoms with E-state index in [1.165, 1.54) is 0 Å². The van der Waals surface area contributed by atoms with Crippen LogP contribution < -0.4 is 11.1 Å². The van der Waals surface area contributed by atoms with Crippen LogP contribution >= 0.6 is 0 Å². The molecule has 3 rings (SSSR count). The third-order valence-corrected chi connectivity index (χ3v) is 4.36. The van der Waals surface area contributed by atoms with Gasteiger partial charge in [0.1, 0.15) is 16.9 Å². The number of fused-ring (bicyclic) bond motifs is 2. The number of hydrogen-bond donors (Lipinski definition) is 2. The molecule has 0 saturated heterocycles. The molecule has 0 unspecified atom stereocenters. The maximum Gasteiger partial charge on any atom is 0.257 e. The zero-order valence-corrected chi connectivity index (χ0v) is 15.3. The number of benzene rings is 1. The summed E-state index contributed by atoms with van der Waals surface area (Å²) in [5.74, 6) is 0.205. The number of carbonyl (C=O) groups excluding carboxylic acids is 1. The van der Waals surface area contributed by atoms with Crippen molar-refractivity contribution in [2.45, 2.75) is 32.7 Å². The number of aromatic nitrogens is 3. The molecule has 2 aromatic heterocycles. The molecular formula is C19H25N5O2. The summed E-state index contributed by atoms with van der Waals surface area (Å²) in [6, 6.07) is 7.64. The van der Waals surface area contributed by atoms with Crippen molar-refractivity contribution in [3.8, 4) is 0 Å². The molecule has 0 aliphatic carbocycles. The number of aryl methyl sites for hydroxylation is 1. The second kappa shape index (κ2) is 8.14. The molecule has 0 aliphatic rings. The SMILES string of the molecule is CCCCn1c(N)c(C(=O)NCCCOC)c2nc3ccccc3nc21. The van der Waals surface area contributed by atoms with Crippen LogP contribution in [0.5, 0.6) is 0 Å². The molecule has 0 bridgehead atoms. The Morgan fingerprint density at radius 3 is 2.65 bits per heavy atom. The zero-order valence-electron chi connectivity index (χ0n) is 15.3. The Hall–Kier alpha value is -2.67. The summed E-state index contributed by atoms with van der Waals surface area (Å²) in [5.41, 5.74) is 9.52. The number of nitrogens with one attached hydrogen (secondary N) is 1. The van der Waals surface area contributed by atoms with Gasteiger partial charge in [-0.25, -0.2) is 9.97 Å². The molecule has 0 fully saturated rings. The molecule has 1 amide bonds. The van der Waals surface area contributed by atoms with Gasteiger partial charge in [-0.2, -0.15) is 0 Å². The average Bonchev–Trinajstić information content (AvgIpc) is 2.92. The smallest absolute Gasteiger partial charge is 0.257 e. The van der Waals surface area contributed by atoms with Crippen LogP contribution in [0.3, 0.4) is 0 Å². The third kappa shape index (κ3) is 3.48. The van der Waals surface area contributed by atoms with E-state index in [2.05, 4.69) is 17.2 Å². The number of unbranched alkanes of at least 4 members (excludes halogenated alkanes) is 1. The van der Waals surface area contributed by atoms with Crippen molar-refractivity contribution in [3.05, 3.63) is 29.8 Å². The Morgan fingerprint density at radius 1 is 1.23 bits per heavy atom. The molecule has 0 aliphatic heterocycles. The van der Waals surface area contributed by atoms with Crippen molar-refractivity contribution in [1.82, 2.24) is 19.9 Å². The van der Waals surface area contributed by atoms with Gasteiger partial charge in [0.15, 0.2) is 5.65 Å². The molecule has 0 atom stereocenters. The Kier molecular flexibility index (Phi) is 5.68. The van der Waals surface area contributed by atoms with Crippen LogP contribution in [0.2, 0.25) is 0 Å². The molecule has 2 heterocycles. The number of carbonyl (C=O) groups is 1. The maximum atomic E-state index is 12.8. The lowest BCUT2D eigenvalue weighted by molar-refractivity contribution is 0.0951. The zero-order chi connectivity index (χ0) is 18.5. The first-order valence-electron chi connectivity index (χ1n) is 8.99. The normalized spacial score (nSPS) is 11.3. The molecule has 0 radical (unpaired) electrons. The highest BCUT2D eigenvalue weighted by Crippen LogP contribution is 2.28. The molecule has 3 N–H and O–H groups in total. The number of amides is 1. The van der Waals surface area contributed by atoms with Gasteiger partial charge in [-0.1, -0.05) is 25.5 Å². The fourth-order valence-corrected chi connectivity index (χ4v) is 2.99. The van der Waals surface area contributed by atoms with Crippen LogP contribution in [-0.4, -0.2) is 40.7 Å². The fraction of sp³-hybridized carbons (Fsp3) is 0.421. The van der Waals surface area contributed by atoms with E-state index in [-0.39, 0.29) is 5.91 Å². The Labute approximate surface area is 152 Å². The standard InChI is InChI=1S/C19H25N5O2/c1-3-4-11-24-17(20)15(19(25)21-10-7-12-26-2)16-18(24)23-14-9-6-5-8-13(14)22-16/h5-6,8-9H,3-4,7,10-12,20H2,1-2H3,(H,21,25). The van der Waals surface area contributed by atoms with Gasteiger partial charge >= 0.3 is 0 Å². The Morgan fingerprint density at radius 2 is 1.96 bits per heavy atom. The Bertz CT molecular complexity index is 919. The first-order valence-corrected chi connectivity index (χ1v) is 8.99. The number of rotatable bonds is 8. The van der Waals surface area contributed by atoms with E-state index in [0.29, 0.717) is 42.2 Å². The van der Waals surface area contributed by atoms with Gasteiger partial charge in [-0.05, 0) is 25.0 Å². The van der Waals surface area contributed by atoms with Crippen molar-refractivity contribution in [2.75, 3.05) is 26.0 Å². The predicted molar refractivity (Wildman–Crippen MR) is 103 cm³/mol. The third-order valence-electron chi connectivity index (χ3n) is 4.36. The molecule has 0 spiro atoms. The monoisotopic (exact) mass is 355 g/mol. The maximum absolute atomic E-state index is 12.8. The molecule has 7 nitrogen and oxygen atoms in total. The summed E-state index contributed by atoms with van der Waals surface area (Å²) < 4.78 is 6.92. The highest BCUT2D eigenvalue weighted by Gasteiger charge is 2.23. The molecule has 26 heavy (non-hydrogen) atoms. The van der Waals surface area contributed by atoms with E-state index in [4.69, 9.17) is 15.5 Å². The molecule has 7 heteroatoms. The fourth-order valence-electron chi connectivity index (χ4n) is 2.99. The van der Waals surface area contributed by atoms with Gasteiger partial charge in [-0.15, -0.1) is 0 Å². The molecular weight excluding hydrogens is 330 g/mol. The van der Waals surface area contributed by atoms with Crippen molar-refractivity contribution in [3.63, 3.8) is 0 Å². The molecule has 3 aromatic rings. The van der Waals surface area contributed by atoms with Crippen LogP contribution in [0.15, 0.2) is 24.3 Å². The van der Waals surface area contributed by atoms with Crippen LogP contribution in [0.25, 0.3) is 22.2 Å². The van der Waals surface area contributed by atoms with Crippen molar-refractivity contribution in [1.29, 1.82) is 0 Å². The second-order valence-corrected chi connectivity index (χ2v) is 6.25. The van der Waals surface area contributed by atoms with Crippen molar-refractivity contribution >= 4 is 33.9 Å². The van der Waals surface area contributed by atoms with Crippen LogP contribution in [0.1, 0.15) is 36.5 Å². The lowest BCUT2D eigenvalue weighted by Gasteiger charge is -2.07. The van der Waals surface area contributed by atoms with Gasteiger partial charge in [0.25, 0.3) is 5.91 Å². The highest BCUT2D eigenvalue weighted by atomic mass is 16.5. The lowest BCUT2D eigenvalue weighted by Crippen LogP contribution is -2.26. The first-order chi connectivity index (χ1) is 12.7. The van der Waals surface area contributed by atoms with E-state index in [1.54, 1.807) is 7.11 Å². The van der Waals surface area contributed by atoms with Gasteiger partial charge < -0.3 is 20.4 Å². The lowest BCUT2D eigenvalue weighted by atomic mass is 10.2. The van der Waals surface area contributed by atoms with E-state index in [1.807, 2.05) is 28.8 Å². The second-order valence-electron chi connectivity index (χ2n) is 6.25. The Balaban J connectivity index is 2.06. The minimum absolute atomic E-state index is 0.219. The van der Waals surface area contributed by atoms with Crippen molar-refractivity contribution < 1.29 is 9.53 Å². The summed E-state index contributed by atoms with van der Waals surface area (Å²) in [6.07, 6.45) is 2.72. The van der Waals surface area contributed by atoms with Gasteiger partial charge in [0.2, 0.25) is 0 Å². The molecule has 0 saturated carbocycles. The number of ether oxygens (including phenoxy) is 1. The van der Waals surface area contributed by atoms with Gasteiger partial charge in [0, 0.05) is 26.8 Å². The van der Waals surface area contributed by atoms with Gasteiger partial charge in [-0.3, -0.25) is 4.79 Å². The number of nitrogen functional groups attached to an aromatic ring is 1. The van der Waals surface area contributed by atoms with E-state index in [0.717, 1.165) is 30.3 Å². The summed E-state index contributed by atoms with van der Waals surface area (Å²) in [7, 11) is 1.64. The first kappa shape index (κ1) is 18.1. The van der Waals surface area contributed by atoms with Crippen LogP contribution in [0.4, 0.5) is 5.82 Å².